The van der Waals surface area contributed by atoms with E-state index in [4.69, 9.17) is 16.1 Å². The number of nitrogens with one attached hydrogen (secondary N) is 1. The zero-order chi connectivity index (χ0) is 17.2. The van der Waals surface area contributed by atoms with Crippen LogP contribution in [0.1, 0.15) is 11.5 Å². The fourth-order valence-electron chi connectivity index (χ4n) is 2.03. The minimum Gasteiger partial charge on any atom is -0.376 e. The van der Waals surface area contributed by atoms with Gasteiger partial charge in [-0.05, 0) is 30.3 Å². The van der Waals surface area contributed by atoms with Crippen molar-refractivity contribution in [3.05, 3.63) is 65.0 Å². The lowest BCUT2D eigenvalue weighted by Gasteiger charge is -2.05. The van der Waals surface area contributed by atoms with Gasteiger partial charge < -0.3 is 9.84 Å². The minimum atomic E-state index is -4.37. The molecule has 0 aliphatic heterocycles. The minimum absolute atomic E-state index is 0.228. The van der Waals surface area contributed by atoms with Crippen LogP contribution in [0.5, 0.6) is 0 Å². The van der Waals surface area contributed by atoms with Crippen LogP contribution in [0, 0.1) is 0 Å². The summed E-state index contributed by atoms with van der Waals surface area (Å²) in [5.74, 6) is 0.538. The molecule has 2 aromatic carbocycles. The molecule has 0 aliphatic rings. The largest absolute Gasteiger partial charge is 0.416 e. The summed E-state index contributed by atoms with van der Waals surface area (Å²) in [6, 6.07) is 11.7. The second-order valence-electron chi connectivity index (χ2n) is 4.95. The number of anilines is 1. The Morgan fingerprint density at radius 2 is 1.83 bits per heavy atom. The summed E-state index contributed by atoms with van der Waals surface area (Å²) < 4.78 is 42.7. The van der Waals surface area contributed by atoms with E-state index in [-0.39, 0.29) is 12.4 Å². The van der Waals surface area contributed by atoms with Gasteiger partial charge in [0.25, 0.3) is 0 Å². The van der Waals surface area contributed by atoms with Crippen LogP contribution in [0.4, 0.5) is 18.9 Å². The van der Waals surface area contributed by atoms with Gasteiger partial charge in [-0.25, -0.2) is 0 Å². The van der Waals surface area contributed by atoms with E-state index in [1.165, 1.54) is 12.1 Å². The number of aromatic nitrogens is 2. The first-order chi connectivity index (χ1) is 11.4. The molecule has 0 spiro atoms. The van der Waals surface area contributed by atoms with Crippen LogP contribution in [-0.2, 0) is 12.7 Å². The maximum atomic E-state index is 12.5. The molecule has 3 rings (SSSR count). The maximum absolute atomic E-state index is 12.5. The van der Waals surface area contributed by atoms with E-state index in [9.17, 15) is 13.2 Å². The van der Waals surface area contributed by atoms with Crippen molar-refractivity contribution in [2.24, 2.45) is 0 Å². The van der Waals surface area contributed by atoms with Gasteiger partial charge in [0.1, 0.15) is 0 Å². The molecule has 0 aliphatic carbocycles. The van der Waals surface area contributed by atoms with E-state index in [1.54, 1.807) is 18.2 Å². The van der Waals surface area contributed by atoms with Gasteiger partial charge in [0.05, 0.1) is 12.1 Å². The predicted octanol–water partition coefficient (Wildman–Crippen LogP) is 5.02. The lowest BCUT2D eigenvalue weighted by molar-refractivity contribution is -0.137. The monoisotopic (exact) mass is 353 g/mol. The topological polar surface area (TPSA) is 51.0 Å². The molecule has 0 saturated carbocycles. The summed E-state index contributed by atoms with van der Waals surface area (Å²) in [6.45, 7) is 0.272. The lowest BCUT2D eigenvalue weighted by Crippen LogP contribution is -2.04. The summed E-state index contributed by atoms with van der Waals surface area (Å²) >= 11 is 5.88. The van der Waals surface area contributed by atoms with Gasteiger partial charge in [-0.15, -0.1) is 0 Å². The third kappa shape index (κ3) is 3.86. The average Bonchev–Trinajstić information content (AvgIpc) is 3.01. The third-order valence-electron chi connectivity index (χ3n) is 3.21. The van der Waals surface area contributed by atoms with Crippen LogP contribution in [0.25, 0.3) is 11.4 Å². The Kier molecular flexibility index (Phi) is 4.44. The molecule has 0 bridgehead atoms. The second-order valence-corrected chi connectivity index (χ2v) is 5.39. The van der Waals surface area contributed by atoms with Crippen molar-refractivity contribution in [1.82, 2.24) is 10.1 Å². The first kappa shape index (κ1) is 16.3. The Morgan fingerprint density at radius 3 is 2.50 bits per heavy atom. The Hall–Kier alpha value is -2.54. The zero-order valence-electron chi connectivity index (χ0n) is 12.1. The average molecular weight is 354 g/mol. The quantitative estimate of drug-likeness (QED) is 0.715. The molecule has 4 nitrogen and oxygen atoms in total. The SMILES string of the molecule is FC(F)(F)c1ccc(-c2noc(CNc3cccc(Cl)c3)n2)cc1. The molecule has 1 N–H and O–H groups in total. The van der Waals surface area contributed by atoms with E-state index < -0.39 is 11.7 Å². The molecule has 0 fully saturated rings. The molecule has 0 saturated heterocycles. The number of nitrogens with zero attached hydrogens (tertiary/aromatic N) is 2. The summed E-state index contributed by atoms with van der Waals surface area (Å²) in [6.07, 6.45) is -4.37. The van der Waals surface area contributed by atoms with E-state index in [0.29, 0.717) is 16.5 Å². The van der Waals surface area contributed by atoms with Crippen molar-refractivity contribution in [3.8, 4) is 11.4 Å². The molecule has 1 aromatic heterocycles. The smallest absolute Gasteiger partial charge is 0.376 e. The number of halogens is 4. The van der Waals surface area contributed by atoms with Gasteiger partial charge in [-0.3, -0.25) is 0 Å². The Morgan fingerprint density at radius 1 is 1.08 bits per heavy atom. The maximum Gasteiger partial charge on any atom is 0.416 e. The lowest BCUT2D eigenvalue weighted by atomic mass is 10.1. The zero-order valence-corrected chi connectivity index (χ0v) is 12.9. The van der Waals surface area contributed by atoms with Crippen LogP contribution in [0.2, 0.25) is 5.02 Å². The van der Waals surface area contributed by atoms with Crippen molar-refractivity contribution in [2.75, 3.05) is 5.32 Å². The Labute approximate surface area is 140 Å². The molecule has 3 aromatic rings. The number of rotatable bonds is 4. The van der Waals surface area contributed by atoms with Gasteiger partial charge in [0.15, 0.2) is 0 Å². The first-order valence-corrected chi connectivity index (χ1v) is 7.29. The summed E-state index contributed by atoms with van der Waals surface area (Å²) in [4.78, 5) is 4.16. The predicted molar refractivity (Wildman–Crippen MR) is 83.5 cm³/mol. The van der Waals surface area contributed by atoms with Gasteiger partial charge >= 0.3 is 6.18 Å². The van der Waals surface area contributed by atoms with Gasteiger partial charge in [-0.1, -0.05) is 35.0 Å². The van der Waals surface area contributed by atoms with E-state index in [2.05, 4.69) is 15.5 Å². The number of hydrogen-bond donors (Lipinski definition) is 1. The molecular formula is C16H11ClF3N3O. The number of alkyl halides is 3. The molecule has 0 unspecified atom stereocenters. The molecule has 0 amide bonds. The van der Waals surface area contributed by atoms with E-state index >= 15 is 0 Å². The van der Waals surface area contributed by atoms with Crippen LogP contribution in [0.15, 0.2) is 53.1 Å². The van der Waals surface area contributed by atoms with Crippen molar-refractivity contribution >= 4 is 17.3 Å². The standard InChI is InChI=1S/C16H11ClF3N3O/c17-12-2-1-3-13(8-12)21-9-14-22-15(23-24-14)10-4-6-11(7-5-10)16(18,19)20/h1-8,21H,9H2. The normalized spacial score (nSPS) is 11.5. The van der Waals surface area contributed by atoms with Gasteiger partial charge in [0.2, 0.25) is 11.7 Å². The van der Waals surface area contributed by atoms with Crippen LogP contribution >= 0.6 is 11.6 Å². The van der Waals surface area contributed by atoms with Crippen molar-refractivity contribution < 1.29 is 17.7 Å². The van der Waals surface area contributed by atoms with Gasteiger partial charge in [0, 0.05) is 16.3 Å². The molecule has 0 atom stereocenters. The van der Waals surface area contributed by atoms with Crippen molar-refractivity contribution in [1.29, 1.82) is 0 Å². The van der Waals surface area contributed by atoms with Crippen molar-refractivity contribution in [2.45, 2.75) is 12.7 Å². The van der Waals surface area contributed by atoms with Crippen LogP contribution < -0.4 is 5.32 Å². The van der Waals surface area contributed by atoms with Crippen LogP contribution in [0.3, 0.4) is 0 Å². The molecule has 124 valence electrons. The number of hydrogen-bond acceptors (Lipinski definition) is 4. The Balaban J connectivity index is 1.69. The third-order valence-corrected chi connectivity index (χ3v) is 3.44. The van der Waals surface area contributed by atoms with E-state index in [0.717, 1.165) is 17.8 Å². The molecule has 0 radical (unpaired) electrons. The molecule has 8 heteroatoms. The fraction of sp³-hybridized carbons (Fsp3) is 0.125. The Bertz CT molecular complexity index is 831. The fourth-order valence-corrected chi connectivity index (χ4v) is 2.22. The summed E-state index contributed by atoms with van der Waals surface area (Å²) in [5, 5.41) is 7.43. The molecule has 1 heterocycles. The summed E-state index contributed by atoms with van der Waals surface area (Å²) in [7, 11) is 0. The highest BCUT2D eigenvalue weighted by molar-refractivity contribution is 6.30. The highest BCUT2D eigenvalue weighted by Gasteiger charge is 2.30. The van der Waals surface area contributed by atoms with Gasteiger partial charge in [-0.2, -0.15) is 18.2 Å². The molecule has 24 heavy (non-hydrogen) atoms. The number of benzene rings is 2. The van der Waals surface area contributed by atoms with Crippen molar-refractivity contribution in [3.63, 3.8) is 0 Å². The first-order valence-electron chi connectivity index (χ1n) is 6.91. The highest BCUT2D eigenvalue weighted by atomic mass is 35.5. The van der Waals surface area contributed by atoms with Crippen LogP contribution in [-0.4, -0.2) is 10.1 Å². The second kappa shape index (κ2) is 6.52. The van der Waals surface area contributed by atoms with E-state index in [1.807, 2.05) is 6.07 Å². The molecular weight excluding hydrogens is 343 g/mol. The highest BCUT2D eigenvalue weighted by Crippen LogP contribution is 2.30. The summed E-state index contributed by atoms with van der Waals surface area (Å²) in [5.41, 5.74) is 0.509.